The molecule has 1 aliphatic rings. The van der Waals surface area contributed by atoms with Crippen molar-refractivity contribution >= 4 is 11.9 Å². The zero-order chi connectivity index (χ0) is 61.0. The van der Waals surface area contributed by atoms with E-state index in [2.05, 4.69) is 26.1 Å². The highest BCUT2D eigenvalue weighted by molar-refractivity contribution is 5.80. The monoisotopic (exact) mass is 1190 g/mol. The maximum atomic E-state index is 13.5. The van der Waals surface area contributed by atoms with Gasteiger partial charge in [0.05, 0.1) is 25.4 Å². The lowest BCUT2D eigenvalue weighted by Gasteiger charge is -2.41. The van der Waals surface area contributed by atoms with E-state index in [1.54, 1.807) is 6.08 Å². The molecule has 0 spiro atoms. The molecular formula is C73H141NO10. The van der Waals surface area contributed by atoms with Crippen molar-refractivity contribution < 1.29 is 49.3 Å². The van der Waals surface area contributed by atoms with Crippen LogP contribution in [-0.4, -0.2) is 99.6 Å². The van der Waals surface area contributed by atoms with Gasteiger partial charge in [-0.2, -0.15) is 0 Å². The van der Waals surface area contributed by atoms with E-state index >= 15 is 0 Å². The second kappa shape index (κ2) is 61.6. The predicted molar refractivity (Wildman–Crippen MR) is 352 cm³/mol. The third kappa shape index (κ3) is 48.3. The summed E-state index contributed by atoms with van der Waals surface area (Å²) in [4.78, 5) is 26.7. The highest BCUT2D eigenvalue weighted by Gasteiger charge is 2.47. The van der Waals surface area contributed by atoms with Crippen LogP contribution in [0.2, 0.25) is 0 Å². The zero-order valence-corrected chi connectivity index (χ0v) is 55.6. The van der Waals surface area contributed by atoms with Crippen LogP contribution in [0.15, 0.2) is 12.2 Å². The Morgan fingerprint density at radius 3 is 1.12 bits per heavy atom. The number of hydrogen-bond acceptors (Lipinski definition) is 10. The third-order valence-corrected chi connectivity index (χ3v) is 17.9. The first-order valence-corrected chi connectivity index (χ1v) is 37.0. The van der Waals surface area contributed by atoms with Gasteiger partial charge in [0, 0.05) is 6.42 Å². The Morgan fingerprint density at radius 2 is 0.774 bits per heavy atom. The molecule has 0 aromatic rings. The van der Waals surface area contributed by atoms with E-state index < -0.39 is 67.4 Å². The van der Waals surface area contributed by atoms with E-state index in [1.807, 2.05) is 6.08 Å². The number of unbranched alkanes of at least 4 members (excludes halogenated alkanes) is 51. The van der Waals surface area contributed by atoms with Crippen LogP contribution in [0, 0.1) is 0 Å². The minimum absolute atomic E-state index is 0.132. The molecule has 1 fully saturated rings. The number of hydrogen-bond donors (Lipinski definition) is 6. The van der Waals surface area contributed by atoms with Gasteiger partial charge in [0.25, 0.3) is 0 Å². The molecule has 0 radical (unpaired) electrons. The summed E-state index contributed by atoms with van der Waals surface area (Å²) in [5.74, 6) is -1.17. The maximum Gasteiger partial charge on any atom is 0.306 e. The van der Waals surface area contributed by atoms with Gasteiger partial charge in [0.2, 0.25) is 5.91 Å². The fourth-order valence-electron chi connectivity index (χ4n) is 12.1. The normalized spacial score (nSPS) is 18.4. The van der Waals surface area contributed by atoms with Gasteiger partial charge >= 0.3 is 5.97 Å². The maximum absolute atomic E-state index is 13.5. The Hall–Kier alpha value is -1.60. The number of amides is 1. The number of esters is 1. The summed E-state index contributed by atoms with van der Waals surface area (Å²) < 4.78 is 17.7. The van der Waals surface area contributed by atoms with Crippen molar-refractivity contribution in [1.29, 1.82) is 0 Å². The molecule has 1 amide bonds. The lowest BCUT2D eigenvalue weighted by Crippen LogP contribution is -2.61. The summed E-state index contributed by atoms with van der Waals surface area (Å²) in [6.45, 7) is 5.86. The summed E-state index contributed by atoms with van der Waals surface area (Å²) in [6, 6.07) is -1.02. The van der Waals surface area contributed by atoms with Crippen LogP contribution in [0.3, 0.4) is 0 Å². The molecule has 1 rings (SSSR count). The van der Waals surface area contributed by atoms with Gasteiger partial charge in [0.15, 0.2) is 12.4 Å². The largest absolute Gasteiger partial charge is 0.454 e. The summed E-state index contributed by atoms with van der Waals surface area (Å²) in [7, 11) is 0. The fraction of sp³-hybridized carbons (Fsp3) is 0.945. The molecule has 11 heteroatoms. The summed E-state index contributed by atoms with van der Waals surface area (Å²) in [6.07, 6.45) is 62.7. The number of carbonyl (C=O) groups excluding carboxylic acids is 2. The lowest BCUT2D eigenvalue weighted by molar-refractivity contribution is -0.305. The van der Waals surface area contributed by atoms with Crippen molar-refractivity contribution in [2.45, 2.75) is 429 Å². The first-order valence-electron chi connectivity index (χ1n) is 37.0. The second-order valence-corrected chi connectivity index (χ2v) is 26.0. The van der Waals surface area contributed by atoms with Crippen LogP contribution in [0.4, 0.5) is 0 Å². The highest BCUT2D eigenvalue weighted by atomic mass is 16.7. The molecule has 1 aliphatic heterocycles. The highest BCUT2D eigenvalue weighted by Crippen LogP contribution is 2.27. The molecule has 8 atom stereocenters. The molecule has 0 aliphatic carbocycles. The van der Waals surface area contributed by atoms with Crippen LogP contribution in [0.25, 0.3) is 0 Å². The molecule has 1 heterocycles. The Bertz CT molecular complexity index is 1420. The van der Waals surface area contributed by atoms with E-state index in [9.17, 15) is 35.1 Å². The van der Waals surface area contributed by atoms with Crippen molar-refractivity contribution in [1.82, 2.24) is 5.32 Å². The third-order valence-electron chi connectivity index (χ3n) is 17.9. The van der Waals surface area contributed by atoms with Crippen LogP contribution in [0.5, 0.6) is 0 Å². The fourth-order valence-corrected chi connectivity index (χ4v) is 12.1. The average molecular weight is 1190 g/mol. The van der Waals surface area contributed by atoms with Crippen LogP contribution in [0.1, 0.15) is 380 Å². The summed E-state index contributed by atoms with van der Waals surface area (Å²) in [5.41, 5.74) is 0. The molecule has 1 saturated heterocycles. The predicted octanol–water partition coefficient (Wildman–Crippen LogP) is 19.0. The molecule has 11 nitrogen and oxygen atoms in total. The number of ether oxygens (including phenoxy) is 3. The van der Waals surface area contributed by atoms with Crippen LogP contribution >= 0.6 is 0 Å². The van der Waals surface area contributed by atoms with Crippen molar-refractivity contribution in [3.8, 4) is 0 Å². The van der Waals surface area contributed by atoms with Crippen LogP contribution in [-0.2, 0) is 23.8 Å². The van der Waals surface area contributed by atoms with Crippen LogP contribution < -0.4 is 5.32 Å². The van der Waals surface area contributed by atoms with E-state index in [0.717, 1.165) is 57.8 Å². The van der Waals surface area contributed by atoms with E-state index in [0.29, 0.717) is 19.3 Å². The van der Waals surface area contributed by atoms with Crippen molar-refractivity contribution in [3.63, 3.8) is 0 Å². The van der Waals surface area contributed by atoms with E-state index in [4.69, 9.17) is 14.2 Å². The first kappa shape index (κ1) is 80.4. The number of carbonyl (C=O) groups is 2. The van der Waals surface area contributed by atoms with E-state index in [-0.39, 0.29) is 13.0 Å². The summed E-state index contributed by atoms with van der Waals surface area (Å²) >= 11 is 0. The second-order valence-electron chi connectivity index (χ2n) is 26.0. The molecule has 0 aromatic heterocycles. The Labute approximate surface area is 519 Å². The Morgan fingerprint density at radius 1 is 0.452 bits per heavy atom. The zero-order valence-electron chi connectivity index (χ0n) is 55.6. The van der Waals surface area contributed by atoms with Gasteiger partial charge in [0.1, 0.15) is 24.4 Å². The van der Waals surface area contributed by atoms with Gasteiger partial charge in [-0.1, -0.05) is 360 Å². The van der Waals surface area contributed by atoms with E-state index in [1.165, 1.54) is 276 Å². The Kier molecular flexibility index (Phi) is 59.0. The topological polar surface area (TPSA) is 175 Å². The van der Waals surface area contributed by atoms with Gasteiger partial charge in [-0.15, -0.1) is 0 Å². The SMILES string of the molecule is CCCCCCCCCCCC/C=C/C(O)C(COC1OC(CO)C(O)C(O)C1OC(=O)CCCCCCCCCCCCCCCCCCCCCCCCCCCCC)NC(=O)C(O)CCCCCCCCCCCCCCCCCC. The molecule has 84 heavy (non-hydrogen) atoms. The van der Waals surface area contributed by atoms with Gasteiger partial charge in [-0.05, 0) is 25.7 Å². The standard InChI is InChI=1S/C73H141NO10/c1-4-7-10-13-16-19-22-25-27-29-30-31-32-33-34-35-36-37-38-39-41-43-46-49-52-55-58-61-68(78)84-71-70(80)69(79)67(62-75)83-73(71)82-63-64(65(76)59-56-53-50-47-44-24-21-18-15-12-9-6-3)74-72(81)66(77)60-57-54-51-48-45-42-40-28-26-23-20-17-14-11-8-5-2/h56,59,64-67,69-71,73,75-77,79-80H,4-55,57-58,60-63H2,1-3H3,(H,74,81)/b59-56+. The molecule has 0 bridgehead atoms. The number of aliphatic hydroxyl groups excluding tert-OH is 5. The number of allylic oxidation sites excluding steroid dienone is 1. The average Bonchev–Trinajstić information content (AvgIpc) is 3.51. The number of nitrogens with one attached hydrogen (secondary N) is 1. The molecule has 498 valence electrons. The van der Waals surface area contributed by atoms with Gasteiger partial charge in [-0.25, -0.2) is 0 Å². The van der Waals surface area contributed by atoms with Crippen molar-refractivity contribution in [3.05, 3.63) is 12.2 Å². The minimum Gasteiger partial charge on any atom is -0.454 e. The molecule has 0 aromatic carbocycles. The van der Waals surface area contributed by atoms with Crippen molar-refractivity contribution in [2.75, 3.05) is 13.2 Å². The summed E-state index contributed by atoms with van der Waals surface area (Å²) in [5, 5.41) is 57.2. The quantitative estimate of drug-likeness (QED) is 0.0195. The molecule has 0 saturated carbocycles. The molecular weight excluding hydrogens is 1050 g/mol. The van der Waals surface area contributed by atoms with Crippen molar-refractivity contribution in [2.24, 2.45) is 0 Å². The molecule has 6 N–H and O–H groups in total. The Balaban J connectivity index is 2.50. The number of rotatable bonds is 65. The van der Waals surface area contributed by atoms with Gasteiger partial charge in [-0.3, -0.25) is 9.59 Å². The first-order chi connectivity index (χ1) is 41.2. The number of aliphatic hydroxyl groups is 5. The lowest BCUT2D eigenvalue weighted by atomic mass is 9.99. The van der Waals surface area contributed by atoms with Gasteiger partial charge < -0.3 is 45.1 Å². The smallest absolute Gasteiger partial charge is 0.306 e. The molecule has 8 unspecified atom stereocenters. The minimum atomic E-state index is -1.61.